The number of rotatable bonds is 3. The van der Waals surface area contributed by atoms with Crippen LogP contribution in [-0.2, 0) is 4.79 Å². The molecule has 2 aromatic rings. The molecular weight excluding hydrogens is 260 g/mol. The minimum atomic E-state index is -0.278. The zero-order chi connectivity index (χ0) is 13.8. The lowest BCUT2D eigenvalue weighted by Crippen LogP contribution is -2.46. The molecule has 0 unspecified atom stereocenters. The summed E-state index contributed by atoms with van der Waals surface area (Å²) < 4.78 is 1.93. The Morgan fingerprint density at radius 1 is 1.26 bits per heavy atom. The second-order valence-corrected chi connectivity index (χ2v) is 4.86. The Hall–Kier alpha value is -1.87. The van der Waals surface area contributed by atoms with Crippen molar-refractivity contribution in [1.29, 1.82) is 0 Å². The van der Waals surface area contributed by atoms with Gasteiger partial charge in [-0.1, -0.05) is 23.7 Å². The van der Waals surface area contributed by atoms with Crippen LogP contribution in [0.1, 0.15) is 18.7 Å². The minimum absolute atomic E-state index is 0.0680. The number of halogens is 1. The van der Waals surface area contributed by atoms with E-state index in [1.54, 1.807) is 12.1 Å². The highest BCUT2D eigenvalue weighted by molar-refractivity contribution is 6.30. The first kappa shape index (κ1) is 13.6. The van der Waals surface area contributed by atoms with Gasteiger partial charge in [-0.2, -0.15) is 4.57 Å². The average Bonchev–Trinajstić information content (AvgIpc) is 2.38. The Morgan fingerprint density at radius 3 is 2.74 bits per heavy atom. The molecule has 0 aliphatic heterocycles. The predicted molar refractivity (Wildman–Crippen MR) is 76.2 cm³/mol. The van der Waals surface area contributed by atoms with E-state index in [9.17, 15) is 4.79 Å². The van der Waals surface area contributed by atoms with E-state index in [1.807, 2.05) is 54.9 Å². The van der Waals surface area contributed by atoms with Crippen molar-refractivity contribution in [2.75, 3.05) is 5.32 Å². The van der Waals surface area contributed by atoms with Crippen molar-refractivity contribution >= 4 is 23.2 Å². The van der Waals surface area contributed by atoms with Crippen molar-refractivity contribution in [1.82, 2.24) is 0 Å². The lowest BCUT2D eigenvalue weighted by Gasteiger charge is -2.10. The minimum Gasteiger partial charge on any atom is -0.320 e. The molecule has 0 aliphatic carbocycles. The van der Waals surface area contributed by atoms with E-state index in [2.05, 4.69) is 5.32 Å². The van der Waals surface area contributed by atoms with Crippen molar-refractivity contribution in [3.63, 3.8) is 0 Å². The first-order chi connectivity index (χ1) is 9.08. The van der Waals surface area contributed by atoms with Crippen LogP contribution in [0.5, 0.6) is 0 Å². The molecule has 98 valence electrons. The summed E-state index contributed by atoms with van der Waals surface area (Å²) in [5.41, 5.74) is 1.75. The molecule has 0 aliphatic rings. The largest absolute Gasteiger partial charge is 0.320 e. The number of aryl methyl sites for hydroxylation is 1. The van der Waals surface area contributed by atoms with Crippen LogP contribution in [0.4, 0.5) is 5.69 Å². The molecule has 4 heteroatoms. The van der Waals surface area contributed by atoms with E-state index in [4.69, 9.17) is 11.6 Å². The van der Waals surface area contributed by atoms with Crippen LogP contribution in [0.15, 0.2) is 48.7 Å². The van der Waals surface area contributed by atoms with Crippen LogP contribution in [-0.4, -0.2) is 5.91 Å². The van der Waals surface area contributed by atoms with Gasteiger partial charge in [0.15, 0.2) is 11.9 Å². The third-order valence-electron chi connectivity index (χ3n) is 2.99. The fourth-order valence-electron chi connectivity index (χ4n) is 1.91. The van der Waals surface area contributed by atoms with Gasteiger partial charge in [0, 0.05) is 36.7 Å². The van der Waals surface area contributed by atoms with Crippen LogP contribution in [0, 0.1) is 6.92 Å². The van der Waals surface area contributed by atoms with Gasteiger partial charge in [0.2, 0.25) is 6.04 Å². The average molecular weight is 276 g/mol. The molecule has 1 atom stereocenters. The molecule has 0 radical (unpaired) electrons. The zero-order valence-electron chi connectivity index (χ0n) is 10.9. The van der Waals surface area contributed by atoms with Gasteiger partial charge >= 0.3 is 0 Å². The summed E-state index contributed by atoms with van der Waals surface area (Å²) in [6, 6.07) is 12.7. The summed E-state index contributed by atoms with van der Waals surface area (Å²) in [4.78, 5) is 12.2. The van der Waals surface area contributed by atoms with Gasteiger partial charge in [-0.25, -0.2) is 0 Å². The second kappa shape index (κ2) is 5.85. The smallest absolute Gasteiger partial charge is 0.293 e. The number of carbonyl (C=O) groups is 1. The highest BCUT2D eigenvalue weighted by atomic mass is 35.5. The molecule has 1 aromatic carbocycles. The summed E-state index contributed by atoms with van der Waals surface area (Å²) in [6.07, 6.45) is 1.90. The van der Waals surface area contributed by atoms with Crippen molar-refractivity contribution in [2.45, 2.75) is 19.9 Å². The maximum atomic E-state index is 12.2. The third-order valence-corrected chi connectivity index (χ3v) is 3.23. The maximum absolute atomic E-state index is 12.2. The van der Waals surface area contributed by atoms with Crippen molar-refractivity contribution < 1.29 is 9.36 Å². The molecule has 0 spiro atoms. The van der Waals surface area contributed by atoms with E-state index in [0.717, 1.165) is 5.69 Å². The van der Waals surface area contributed by atoms with Crippen LogP contribution < -0.4 is 9.88 Å². The van der Waals surface area contributed by atoms with Crippen molar-refractivity contribution in [2.24, 2.45) is 0 Å². The van der Waals surface area contributed by atoms with Gasteiger partial charge in [-0.15, -0.1) is 0 Å². The molecular formula is C15H16ClN2O+. The monoisotopic (exact) mass is 275 g/mol. The number of nitrogens with one attached hydrogen (secondary N) is 1. The standard InChI is InChI=1S/C15H15ClN2O/c1-11-6-3-4-9-18(11)12(2)15(19)17-14-8-5-7-13(16)10-14/h3-10,12H,1-2H3/p+1/t12-/m0/s1. The lowest BCUT2D eigenvalue weighted by atomic mass is 10.2. The fourth-order valence-corrected chi connectivity index (χ4v) is 2.10. The van der Waals surface area contributed by atoms with Gasteiger partial charge in [-0.3, -0.25) is 4.79 Å². The number of hydrogen-bond donors (Lipinski definition) is 1. The van der Waals surface area contributed by atoms with Gasteiger partial charge in [0.05, 0.1) is 0 Å². The normalized spacial score (nSPS) is 11.9. The fraction of sp³-hybridized carbons (Fsp3) is 0.200. The number of amides is 1. The van der Waals surface area contributed by atoms with Gasteiger partial charge in [-0.05, 0) is 18.2 Å². The molecule has 0 saturated heterocycles. The summed E-state index contributed by atoms with van der Waals surface area (Å²) in [5.74, 6) is -0.0680. The lowest BCUT2D eigenvalue weighted by molar-refractivity contribution is -0.711. The molecule has 0 fully saturated rings. The van der Waals surface area contributed by atoms with Crippen molar-refractivity contribution in [3.05, 3.63) is 59.4 Å². The molecule has 0 bridgehead atoms. The second-order valence-electron chi connectivity index (χ2n) is 4.42. The Morgan fingerprint density at radius 2 is 2.05 bits per heavy atom. The van der Waals surface area contributed by atoms with Crippen LogP contribution >= 0.6 is 11.6 Å². The van der Waals surface area contributed by atoms with Crippen LogP contribution in [0.3, 0.4) is 0 Å². The van der Waals surface area contributed by atoms with Crippen LogP contribution in [0.2, 0.25) is 5.02 Å². The topological polar surface area (TPSA) is 33.0 Å². The number of anilines is 1. The molecule has 0 saturated carbocycles. The summed E-state index contributed by atoms with van der Waals surface area (Å²) in [7, 11) is 0. The quantitative estimate of drug-likeness (QED) is 0.858. The molecule has 2 rings (SSSR count). The summed E-state index contributed by atoms with van der Waals surface area (Å²) >= 11 is 5.89. The molecule has 1 N–H and O–H groups in total. The summed E-state index contributed by atoms with van der Waals surface area (Å²) in [6.45, 7) is 3.84. The molecule has 1 aromatic heterocycles. The molecule has 19 heavy (non-hydrogen) atoms. The third kappa shape index (κ3) is 3.32. The Labute approximate surface area is 117 Å². The first-order valence-corrected chi connectivity index (χ1v) is 6.49. The van der Waals surface area contributed by atoms with Crippen LogP contribution in [0.25, 0.3) is 0 Å². The summed E-state index contributed by atoms with van der Waals surface area (Å²) in [5, 5.41) is 3.47. The molecule has 1 amide bonds. The van der Waals surface area contributed by atoms with E-state index >= 15 is 0 Å². The Balaban J connectivity index is 2.14. The van der Waals surface area contributed by atoms with E-state index in [0.29, 0.717) is 10.7 Å². The Bertz CT molecular complexity index is 598. The zero-order valence-corrected chi connectivity index (χ0v) is 11.7. The number of hydrogen-bond acceptors (Lipinski definition) is 1. The van der Waals surface area contributed by atoms with Gasteiger partial charge < -0.3 is 5.32 Å². The number of nitrogens with zero attached hydrogens (tertiary/aromatic N) is 1. The SMILES string of the molecule is Cc1cccc[n+]1[C@@H](C)C(=O)Nc1cccc(Cl)c1. The predicted octanol–water partition coefficient (Wildman–Crippen LogP) is 3.14. The van der Waals surface area contributed by atoms with E-state index in [-0.39, 0.29) is 11.9 Å². The highest BCUT2D eigenvalue weighted by Gasteiger charge is 2.23. The van der Waals surface area contributed by atoms with E-state index in [1.165, 1.54) is 0 Å². The number of benzene rings is 1. The molecule has 1 heterocycles. The van der Waals surface area contributed by atoms with Gasteiger partial charge in [0.25, 0.3) is 5.91 Å². The highest BCUT2D eigenvalue weighted by Crippen LogP contribution is 2.15. The van der Waals surface area contributed by atoms with E-state index < -0.39 is 0 Å². The number of pyridine rings is 1. The Kier molecular flexibility index (Phi) is 4.17. The molecule has 3 nitrogen and oxygen atoms in total. The number of aromatic nitrogens is 1. The maximum Gasteiger partial charge on any atom is 0.293 e. The van der Waals surface area contributed by atoms with Crippen molar-refractivity contribution in [3.8, 4) is 0 Å². The van der Waals surface area contributed by atoms with Gasteiger partial charge in [0.1, 0.15) is 0 Å². The first-order valence-electron chi connectivity index (χ1n) is 6.11. The number of carbonyl (C=O) groups excluding carboxylic acids is 1.